The SMILES string of the molecule is C[NH+](CC(=O)Nc1cccc(F)c1)CC(=O)Nc1cc(C(F)(F)F)ccc1N1CCOCC1. The van der Waals surface area contributed by atoms with E-state index in [0.29, 0.717) is 36.9 Å². The van der Waals surface area contributed by atoms with E-state index in [1.54, 1.807) is 7.05 Å². The van der Waals surface area contributed by atoms with Crippen molar-refractivity contribution in [1.29, 1.82) is 0 Å². The first-order valence-corrected chi connectivity index (χ1v) is 10.3. The maximum atomic E-state index is 13.2. The summed E-state index contributed by atoms with van der Waals surface area (Å²) in [5.74, 6) is -1.47. The molecule has 0 spiro atoms. The molecule has 11 heteroatoms. The molecule has 1 saturated heterocycles. The molecule has 2 aromatic rings. The predicted octanol–water partition coefficient (Wildman–Crippen LogP) is 1.77. The number of benzene rings is 2. The Kier molecular flexibility index (Phi) is 7.88. The number of hydrogen-bond donors (Lipinski definition) is 3. The van der Waals surface area contributed by atoms with Gasteiger partial charge in [0, 0.05) is 18.8 Å². The van der Waals surface area contributed by atoms with Crippen molar-refractivity contribution < 1.29 is 36.8 Å². The highest BCUT2D eigenvalue weighted by Crippen LogP contribution is 2.35. The number of nitrogens with zero attached hydrogens (tertiary/aromatic N) is 1. The van der Waals surface area contributed by atoms with Crippen molar-refractivity contribution >= 4 is 28.9 Å². The van der Waals surface area contributed by atoms with E-state index >= 15 is 0 Å². The Bertz CT molecular complexity index is 994. The molecule has 1 unspecified atom stereocenters. The Morgan fingerprint density at radius 1 is 1.03 bits per heavy atom. The van der Waals surface area contributed by atoms with Gasteiger partial charge in [0.05, 0.1) is 37.2 Å². The molecule has 1 aliphatic rings. The van der Waals surface area contributed by atoms with Crippen molar-refractivity contribution in [2.75, 3.05) is 62.0 Å². The predicted molar refractivity (Wildman–Crippen MR) is 115 cm³/mol. The summed E-state index contributed by atoms with van der Waals surface area (Å²) in [6.45, 7) is 1.58. The van der Waals surface area contributed by atoms with E-state index in [4.69, 9.17) is 4.74 Å². The van der Waals surface area contributed by atoms with Gasteiger partial charge in [-0.25, -0.2) is 4.39 Å². The molecule has 0 bridgehead atoms. The van der Waals surface area contributed by atoms with Gasteiger partial charge in [0.15, 0.2) is 13.1 Å². The summed E-state index contributed by atoms with van der Waals surface area (Å²) in [5, 5.41) is 5.10. The lowest BCUT2D eigenvalue weighted by Crippen LogP contribution is -3.11. The first kappa shape index (κ1) is 24.5. The van der Waals surface area contributed by atoms with Crippen LogP contribution in [0, 0.1) is 5.82 Å². The fraction of sp³-hybridized carbons (Fsp3) is 0.364. The van der Waals surface area contributed by atoms with E-state index in [-0.39, 0.29) is 24.5 Å². The van der Waals surface area contributed by atoms with Crippen LogP contribution in [0.3, 0.4) is 0 Å². The van der Waals surface area contributed by atoms with Crippen LogP contribution < -0.4 is 20.4 Å². The molecule has 1 heterocycles. The van der Waals surface area contributed by atoms with Crippen LogP contribution >= 0.6 is 0 Å². The second kappa shape index (κ2) is 10.6. The van der Waals surface area contributed by atoms with Gasteiger partial charge in [-0.3, -0.25) is 9.59 Å². The maximum Gasteiger partial charge on any atom is 0.416 e. The van der Waals surface area contributed by atoms with Crippen molar-refractivity contribution in [3.05, 3.63) is 53.8 Å². The van der Waals surface area contributed by atoms with Gasteiger partial charge in [0.1, 0.15) is 5.82 Å². The number of halogens is 4. The van der Waals surface area contributed by atoms with E-state index < -0.39 is 29.4 Å². The Morgan fingerprint density at radius 2 is 1.70 bits per heavy atom. The molecule has 178 valence electrons. The monoisotopic (exact) mass is 469 g/mol. The van der Waals surface area contributed by atoms with Gasteiger partial charge < -0.3 is 25.2 Å². The number of carbonyl (C=O) groups is 2. The quantitative estimate of drug-likeness (QED) is 0.541. The van der Waals surface area contributed by atoms with E-state index in [0.717, 1.165) is 12.1 Å². The maximum absolute atomic E-state index is 13.2. The summed E-state index contributed by atoms with van der Waals surface area (Å²) >= 11 is 0. The molecule has 0 radical (unpaired) electrons. The lowest BCUT2D eigenvalue weighted by atomic mass is 10.1. The summed E-state index contributed by atoms with van der Waals surface area (Å²) in [5.41, 5.74) is -0.0590. The van der Waals surface area contributed by atoms with Gasteiger partial charge in [0.25, 0.3) is 11.8 Å². The highest BCUT2D eigenvalue weighted by Gasteiger charge is 2.32. The molecule has 2 amide bonds. The minimum atomic E-state index is -4.56. The third-order valence-electron chi connectivity index (χ3n) is 4.98. The Labute approximate surface area is 188 Å². The number of hydrogen-bond acceptors (Lipinski definition) is 4. The van der Waals surface area contributed by atoms with Crippen molar-refractivity contribution in [2.45, 2.75) is 6.18 Å². The molecule has 33 heavy (non-hydrogen) atoms. The van der Waals surface area contributed by atoms with Crippen LogP contribution in [0.4, 0.5) is 34.6 Å². The minimum absolute atomic E-state index is 0.0498. The molecule has 3 N–H and O–H groups in total. The van der Waals surface area contributed by atoms with Gasteiger partial charge in [0.2, 0.25) is 0 Å². The summed E-state index contributed by atoms with van der Waals surface area (Å²) in [6, 6.07) is 8.63. The molecule has 7 nitrogen and oxygen atoms in total. The number of alkyl halides is 3. The standard InChI is InChI=1S/C22H24F4N4O3/c1-29(13-20(31)27-17-4-2-3-16(23)12-17)14-21(32)28-18-11-15(22(24,25)26)5-6-19(18)30-7-9-33-10-8-30/h2-6,11-12H,7-10,13-14H2,1H3,(H,27,31)(H,28,32)/p+1. The zero-order valence-corrected chi connectivity index (χ0v) is 18.0. The average molecular weight is 469 g/mol. The van der Waals surface area contributed by atoms with Gasteiger partial charge in [-0.2, -0.15) is 13.2 Å². The third-order valence-corrected chi connectivity index (χ3v) is 4.98. The summed E-state index contributed by atoms with van der Waals surface area (Å²) in [7, 11) is 1.60. The Balaban J connectivity index is 1.64. The van der Waals surface area contributed by atoms with Crippen LogP contribution in [0.2, 0.25) is 0 Å². The van der Waals surface area contributed by atoms with Crippen molar-refractivity contribution in [3.8, 4) is 0 Å². The van der Waals surface area contributed by atoms with Gasteiger partial charge in [-0.05, 0) is 36.4 Å². The van der Waals surface area contributed by atoms with E-state index in [2.05, 4.69) is 10.6 Å². The first-order valence-electron chi connectivity index (χ1n) is 10.3. The fourth-order valence-electron chi connectivity index (χ4n) is 3.47. The lowest BCUT2D eigenvalue weighted by molar-refractivity contribution is -0.862. The minimum Gasteiger partial charge on any atom is -0.378 e. The number of morpholine rings is 1. The molecule has 0 aliphatic carbocycles. The van der Waals surface area contributed by atoms with Gasteiger partial charge >= 0.3 is 6.18 Å². The highest BCUT2D eigenvalue weighted by atomic mass is 19.4. The fourth-order valence-corrected chi connectivity index (χ4v) is 3.47. The number of quaternary nitrogens is 1. The van der Waals surface area contributed by atoms with Gasteiger partial charge in [-0.1, -0.05) is 6.07 Å². The number of nitrogens with one attached hydrogen (secondary N) is 3. The summed E-state index contributed by atoms with van der Waals surface area (Å²) < 4.78 is 58.2. The topological polar surface area (TPSA) is 75.1 Å². The number of anilines is 3. The molecule has 1 atom stereocenters. The lowest BCUT2D eigenvalue weighted by Gasteiger charge is -2.31. The number of carbonyl (C=O) groups excluding carboxylic acids is 2. The third kappa shape index (κ3) is 7.16. The van der Waals surface area contributed by atoms with Crippen LogP contribution in [-0.4, -0.2) is 58.3 Å². The zero-order chi connectivity index (χ0) is 24.0. The molecular formula is C22H25F4N4O3+. The van der Waals surface area contributed by atoms with Crippen LogP contribution in [0.25, 0.3) is 0 Å². The second-order valence-electron chi connectivity index (χ2n) is 7.75. The molecule has 1 fully saturated rings. The molecule has 1 aliphatic heterocycles. The van der Waals surface area contributed by atoms with Crippen LogP contribution in [0.15, 0.2) is 42.5 Å². The van der Waals surface area contributed by atoms with Crippen molar-refractivity contribution in [1.82, 2.24) is 0 Å². The molecule has 0 aromatic heterocycles. The number of amides is 2. The van der Waals surface area contributed by atoms with Crippen molar-refractivity contribution in [3.63, 3.8) is 0 Å². The molecule has 3 rings (SSSR count). The smallest absolute Gasteiger partial charge is 0.378 e. The van der Waals surface area contributed by atoms with E-state index in [1.807, 2.05) is 4.90 Å². The number of likely N-dealkylation sites (N-methyl/N-ethyl adjacent to an activating group) is 1. The number of ether oxygens (including phenoxy) is 1. The largest absolute Gasteiger partial charge is 0.416 e. The van der Waals surface area contributed by atoms with E-state index in [9.17, 15) is 27.2 Å². The summed E-state index contributed by atoms with van der Waals surface area (Å²) in [4.78, 5) is 27.1. The van der Waals surface area contributed by atoms with Crippen LogP contribution in [-0.2, 0) is 20.5 Å². The average Bonchev–Trinajstić information content (AvgIpc) is 2.73. The zero-order valence-electron chi connectivity index (χ0n) is 18.0. The van der Waals surface area contributed by atoms with E-state index in [1.165, 1.54) is 30.3 Å². The van der Waals surface area contributed by atoms with Crippen LogP contribution in [0.1, 0.15) is 5.56 Å². The molecule has 0 saturated carbocycles. The first-order chi connectivity index (χ1) is 15.6. The number of rotatable bonds is 7. The molecular weight excluding hydrogens is 444 g/mol. The van der Waals surface area contributed by atoms with Crippen molar-refractivity contribution in [2.24, 2.45) is 0 Å². The van der Waals surface area contributed by atoms with Gasteiger partial charge in [-0.15, -0.1) is 0 Å². The molecule has 2 aromatic carbocycles. The highest BCUT2D eigenvalue weighted by molar-refractivity contribution is 5.95. The normalized spacial score (nSPS) is 15.1. The Hall–Kier alpha value is -3.18. The Morgan fingerprint density at radius 3 is 2.33 bits per heavy atom. The summed E-state index contributed by atoms with van der Waals surface area (Å²) in [6.07, 6.45) is -4.56. The second-order valence-corrected chi connectivity index (χ2v) is 7.75. The van der Waals surface area contributed by atoms with Crippen LogP contribution in [0.5, 0.6) is 0 Å².